The molecule has 2 heterocycles. The van der Waals surface area contributed by atoms with Crippen LogP contribution in [0.3, 0.4) is 0 Å². The van der Waals surface area contributed by atoms with Crippen molar-refractivity contribution in [2.45, 2.75) is 39.4 Å². The smallest absolute Gasteiger partial charge is 0.237 e. The van der Waals surface area contributed by atoms with Crippen molar-refractivity contribution in [3.8, 4) is 0 Å². The molecule has 0 bridgehead atoms. The van der Waals surface area contributed by atoms with Crippen LogP contribution >= 0.6 is 0 Å². The Balaban J connectivity index is 1.77. The molecular weight excluding hydrogens is 252 g/mol. The summed E-state index contributed by atoms with van der Waals surface area (Å²) in [6, 6.07) is 4.32. The Morgan fingerprint density at radius 2 is 2.00 bits per heavy atom. The van der Waals surface area contributed by atoms with E-state index >= 15 is 0 Å². The molecule has 0 radical (unpaired) electrons. The lowest BCUT2D eigenvalue weighted by Crippen LogP contribution is -2.54. The molecule has 1 amide bonds. The number of aromatic amines is 1. The fourth-order valence-corrected chi connectivity index (χ4v) is 2.59. The number of hydrogen-bond donors (Lipinski definition) is 2. The van der Waals surface area contributed by atoms with Crippen molar-refractivity contribution in [2.75, 3.05) is 26.2 Å². The molecule has 2 rings (SSSR count). The maximum atomic E-state index is 12.0. The lowest BCUT2D eigenvalue weighted by atomic mass is 10.2. The quantitative estimate of drug-likeness (QED) is 0.846. The number of H-pyrrole nitrogens is 1. The highest BCUT2D eigenvalue weighted by Crippen LogP contribution is 2.09. The molecule has 5 nitrogen and oxygen atoms in total. The first kappa shape index (κ1) is 15.1. The van der Waals surface area contributed by atoms with Gasteiger partial charge in [-0.25, -0.2) is 0 Å². The predicted octanol–water partition coefficient (Wildman–Crippen LogP) is 1.05. The molecule has 1 aromatic heterocycles. The van der Waals surface area contributed by atoms with E-state index < -0.39 is 0 Å². The summed E-state index contributed by atoms with van der Waals surface area (Å²) in [5, 5.41) is 2.99. The van der Waals surface area contributed by atoms with Gasteiger partial charge in [-0.05, 0) is 32.9 Å². The van der Waals surface area contributed by atoms with Gasteiger partial charge in [0.15, 0.2) is 0 Å². The largest absolute Gasteiger partial charge is 0.364 e. The molecule has 0 aliphatic carbocycles. The number of nitrogens with one attached hydrogen (secondary N) is 2. The van der Waals surface area contributed by atoms with Crippen molar-refractivity contribution >= 4 is 5.91 Å². The Labute approximate surface area is 121 Å². The fourth-order valence-electron chi connectivity index (χ4n) is 2.59. The summed E-state index contributed by atoms with van der Waals surface area (Å²) in [6.07, 6.45) is 1.96. The first-order valence-electron chi connectivity index (χ1n) is 7.45. The summed E-state index contributed by atoms with van der Waals surface area (Å²) in [5.41, 5.74) is 1.25. The van der Waals surface area contributed by atoms with E-state index in [4.69, 9.17) is 0 Å². The van der Waals surface area contributed by atoms with Gasteiger partial charge in [-0.3, -0.25) is 14.6 Å². The topological polar surface area (TPSA) is 51.4 Å². The lowest BCUT2D eigenvalue weighted by molar-refractivity contribution is -0.127. The van der Waals surface area contributed by atoms with Crippen LogP contribution in [-0.4, -0.2) is 59.0 Å². The van der Waals surface area contributed by atoms with E-state index in [1.165, 1.54) is 5.69 Å². The van der Waals surface area contributed by atoms with E-state index in [9.17, 15) is 4.79 Å². The van der Waals surface area contributed by atoms with Crippen LogP contribution in [0.15, 0.2) is 18.3 Å². The Morgan fingerprint density at radius 3 is 2.55 bits per heavy atom. The molecule has 0 aromatic carbocycles. The minimum Gasteiger partial charge on any atom is -0.364 e. The highest BCUT2D eigenvalue weighted by Gasteiger charge is 2.25. The fraction of sp³-hybridized carbons (Fsp3) is 0.667. The van der Waals surface area contributed by atoms with Gasteiger partial charge in [-0.15, -0.1) is 0 Å². The number of hydrogen-bond acceptors (Lipinski definition) is 3. The van der Waals surface area contributed by atoms with Crippen molar-refractivity contribution in [3.63, 3.8) is 0 Å². The molecule has 1 fully saturated rings. The maximum Gasteiger partial charge on any atom is 0.237 e. The average Bonchev–Trinajstić information content (AvgIpc) is 2.91. The van der Waals surface area contributed by atoms with Gasteiger partial charge in [0.05, 0.1) is 6.04 Å². The van der Waals surface area contributed by atoms with Crippen LogP contribution in [0, 0.1) is 0 Å². The minimum atomic E-state index is -0.0370. The third-order valence-corrected chi connectivity index (χ3v) is 3.82. The molecule has 1 aromatic rings. The summed E-state index contributed by atoms with van der Waals surface area (Å²) in [4.78, 5) is 20.0. The van der Waals surface area contributed by atoms with E-state index in [1.807, 2.05) is 33.0 Å². The second kappa shape index (κ2) is 6.90. The van der Waals surface area contributed by atoms with Gasteiger partial charge in [0.25, 0.3) is 0 Å². The molecule has 1 saturated heterocycles. The predicted molar refractivity (Wildman–Crippen MR) is 80.4 cm³/mol. The van der Waals surface area contributed by atoms with Crippen LogP contribution in [0.1, 0.15) is 26.5 Å². The zero-order valence-corrected chi connectivity index (χ0v) is 12.7. The molecule has 2 N–H and O–H groups in total. The van der Waals surface area contributed by atoms with Gasteiger partial charge >= 0.3 is 0 Å². The second-order valence-corrected chi connectivity index (χ2v) is 5.85. The Hall–Kier alpha value is -1.33. The lowest BCUT2D eigenvalue weighted by Gasteiger charge is -2.37. The highest BCUT2D eigenvalue weighted by molar-refractivity contribution is 5.81. The van der Waals surface area contributed by atoms with Crippen molar-refractivity contribution in [3.05, 3.63) is 24.0 Å². The monoisotopic (exact) mass is 278 g/mol. The highest BCUT2D eigenvalue weighted by atomic mass is 16.2. The van der Waals surface area contributed by atoms with E-state index in [2.05, 4.69) is 26.2 Å². The number of rotatable bonds is 5. The van der Waals surface area contributed by atoms with E-state index in [-0.39, 0.29) is 18.0 Å². The third kappa shape index (κ3) is 4.08. The zero-order valence-electron chi connectivity index (χ0n) is 12.7. The van der Waals surface area contributed by atoms with Crippen LogP contribution in [0.5, 0.6) is 0 Å². The number of carbonyl (C=O) groups is 1. The van der Waals surface area contributed by atoms with Gasteiger partial charge in [-0.2, -0.15) is 0 Å². The summed E-state index contributed by atoms with van der Waals surface area (Å²) in [6.45, 7) is 10.9. The summed E-state index contributed by atoms with van der Waals surface area (Å²) >= 11 is 0. The normalized spacial score (nSPS) is 19.2. The third-order valence-electron chi connectivity index (χ3n) is 3.82. The first-order valence-corrected chi connectivity index (χ1v) is 7.45. The zero-order chi connectivity index (χ0) is 14.5. The molecule has 5 heteroatoms. The standard InChI is InChI=1S/C15H26N4O/c1-12(2)17-15(20)13(3)19-9-7-18(8-10-19)11-14-5-4-6-16-14/h4-6,12-13,16H,7-11H2,1-3H3,(H,17,20). The van der Waals surface area contributed by atoms with Crippen molar-refractivity contribution in [1.82, 2.24) is 20.1 Å². The van der Waals surface area contributed by atoms with Crippen LogP contribution in [-0.2, 0) is 11.3 Å². The number of aromatic nitrogens is 1. The van der Waals surface area contributed by atoms with E-state index in [1.54, 1.807) is 0 Å². The SMILES string of the molecule is CC(C)NC(=O)C(C)N1CCN(Cc2ccc[nH]2)CC1. The first-order chi connectivity index (χ1) is 9.56. The molecule has 1 unspecified atom stereocenters. The summed E-state index contributed by atoms with van der Waals surface area (Å²) in [7, 11) is 0. The van der Waals surface area contributed by atoms with Crippen LogP contribution in [0.25, 0.3) is 0 Å². The van der Waals surface area contributed by atoms with Crippen LogP contribution < -0.4 is 5.32 Å². The molecule has 1 atom stereocenters. The van der Waals surface area contributed by atoms with Crippen molar-refractivity contribution in [2.24, 2.45) is 0 Å². The van der Waals surface area contributed by atoms with E-state index in [0.29, 0.717) is 0 Å². The van der Waals surface area contributed by atoms with Gasteiger partial charge < -0.3 is 10.3 Å². The van der Waals surface area contributed by atoms with Gasteiger partial charge in [0, 0.05) is 50.7 Å². The average molecular weight is 278 g/mol. The van der Waals surface area contributed by atoms with Crippen LogP contribution in [0.4, 0.5) is 0 Å². The van der Waals surface area contributed by atoms with Crippen LogP contribution in [0.2, 0.25) is 0 Å². The minimum absolute atomic E-state index is 0.0370. The molecule has 20 heavy (non-hydrogen) atoms. The number of amides is 1. The van der Waals surface area contributed by atoms with Gasteiger partial charge in [0.1, 0.15) is 0 Å². The van der Waals surface area contributed by atoms with E-state index in [0.717, 1.165) is 32.7 Å². The number of piperazine rings is 1. The number of carbonyl (C=O) groups excluding carboxylic acids is 1. The molecule has 0 saturated carbocycles. The molecular formula is C15H26N4O. The van der Waals surface area contributed by atoms with Gasteiger partial charge in [0.2, 0.25) is 5.91 Å². The maximum absolute atomic E-state index is 12.0. The molecule has 112 valence electrons. The Bertz CT molecular complexity index is 408. The molecule has 1 aliphatic heterocycles. The summed E-state index contributed by atoms with van der Waals surface area (Å²) in [5.74, 6) is 0.137. The summed E-state index contributed by atoms with van der Waals surface area (Å²) < 4.78 is 0. The van der Waals surface area contributed by atoms with Crippen molar-refractivity contribution in [1.29, 1.82) is 0 Å². The Morgan fingerprint density at radius 1 is 1.30 bits per heavy atom. The van der Waals surface area contributed by atoms with Crippen molar-refractivity contribution < 1.29 is 4.79 Å². The van der Waals surface area contributed by atoms with Gasteiger partial charge in [-0.1, -0.05) is 0 Å². The Kier molecular flexibility index (Phi) is 5.20. The number of nitrogens with zero attached hydrogens (tertiary/aromatic N) is 2. The molecule has 1 aliphatic rings. The molecule has 0 spiro atoms. The second-order valence-electron chi connectivity index (χ2n) is 5.85.